The molecule has 6 heteroatoms. The molecule has 1 N–H and O–H groups in total. The zero-order chi connectivity index (χ0) is 17.7. The molecule has 0 radical (unpaired) electrons. The number of carbonyl (C=O) groups is 1. The average Bonchev–Trinajstić information content (AvgIpc) is 3.15. The molecular formula is C19H32N4O2. The van der Waals surface area contributed by atoms with Gasteiger partial charge in [-0.1, -0.05) is 19.3 Å². The lowest BCUT2D eigenvalue weighted by Gasteiger charge is -2.39. The van der Waals surface area contributed by atoms with E-state index in [1.807, 2.05) is 6.92 Å². The van der Waals surface area contributed by atoms with Gasteiger partial charge in [-0.05, 0) is 32.6 Å². The van der Waals surface area contributed by atoms with Crippen molar-refractivity contribution in [2.75, 3.05) is 39.3 Å². The first-order valence-corrected chi connectivity index (χ1v) is 9.93. The lowest BCUT2D eigenvalue weighted by molar-refractivity contribution is -0.128. The summed E-state index contributed by atoms with van der Waals surface area (Å²) in [5.74, 6) is 0.0102. The summed E-state index contributed by atoms with van der Waals surface area (Å²) in [5.41, 5.74) is -0.634. The minimum Gasteiger partial charge on any atom is -0.377 e. The Morgan fingerprint density at radius 3 is 2.56 bits per heavy atom. The molecule has 6 nitrogen and oxygen atoms in total. The number of nitriles is 1. The third-order valence-corrected chi connectivity index (χ3v) is 6.10. The van der Waals surface area contributed by atoms with Crippen LogP contribution in [0, 0.1) is 11.3 Å². The molecule has 0 aromatic heterocycles. The predicted octanol–water partition coefficient (Wildman–Crippen LogP) is 1.51. The Balaban J connectivity index is 1.45. The Labute approximate surface area is 151 Å². The van der Waals surface area contributed by atoms with E-state index in [1.54, 1.807) is 0 Å². The van der Waals surface area contributed by atoms with Crippen LogP contribution < -0.4 is 5.32 Å². The fourth-order valence-corrected chi connectivity index (χ4v) is 4.34. The second-order valence-corrected chi connectivity index (χ2v) is 7.89. The molecule has 2 atom stereocenters. The van der Waals surface area contributed by atoms with E-state index in [0.29, 0.717) is 6.10 Å². The first-order chi connectivity index (χ1) is 12.1. The van der Waals surface area contributed by atoms with Gasteiger partial charge in [0.2, 0.25) is 5.91 Å². The monoisotopic (exact) mass is 348 g/mol. The quantitative estimate of drug-likeness (QED) is 0.816. The molecule has 1 saturated carbocycles. The van der Waals surface area contributed by atoms with Crippen LogP contribution in [-0.4, -0.2) is 72.7 Å². The van der Waals surface area contributed by atoms with E-state index in [0.717, 1.165) is 65.0 Å². The summed E-state index contributed by atoms with van der Waals surface area (Å²) in [6.45, 7) is 7.68. The van der Waals surface area contributed by atoms with Gasteiger partial charge in [0, 0.05) is 39.3 Å². The molecule has 3 aliphatic rings. The van der Waals surface area contributed by atoms with E-state index in [4.69, 9.17) is 4.74 Å². The Bertz CT molecular complexity index is 484. The highest BCUT2D eigenvalue weighted by Crippen LogP contribution is 2.27. The fourth-order valence-electron chi connectivity index (χ4n) is 4.34. The van der Waals surface area contributed by atoms with E-state index in [9.17, 15) is 10.1 Å². The van der Waals surface area contributed by atoms with Crippen LogP contribution >= 0.6 is 0 Å². The number of ether oxygens (including phenoxy) is 1. The smallest absolute Gasteiger partial charge is 0.238 e. The largest absolute Gasteiger partial charge is 0.377 e. The first-order valence-electron chi connectivity index (χ1n) is 9.93. The zero-order valence-corrected chi connectivity index (χ0v) is 15.5. The maximum absolute atomic E-state index is 12.7. The average molecular weight is 348 g/mol. The molecule has 0 aromatic rings. The Hall–Kier alpha value is -1.16. The molecule has 2 saturated heterocycles. The predicted molar refractivity (Wildman–Crippen MR) is 96.0 cm³/mol. The van der Waals surface area contributed by atoms with Crippen molar-refractivity contribution in [1.82, 2.24) is 15.1 Å². The van der Waals surface area contributed by atoms with E-state index in [1.165, 1.54) is 19.3 Å². The van der Waals surface area contributed by atoms with Gasteiger partial charge in [-0.25, -0.2) is 0 Å². The van der Waals surface area contributed by atoms with Crippen molar-refractivity contribution in [3.05, 3.63) is 0 Å². The summed E-state index contributed by atoms with van der Waals surface area (Å²) < 4.78 is 5.73. The SMILES string of the molecule is CC(C(=O)NC1(C#N)CCCCC1)N1CCN(CC2CCCO2)CC1. The molecule has 2 heterocycles. The molecule has 3 rings (SSSR count). The van der Waals surface area contributed by atoms with Crippen molar-refractivity contribution in [3.8, 4) is 6.07 Å². The fraction of sp³-hybridized carbons (Fsp3) is 0.895. The molecule has 25 heavy (non-hydrogen) atoms. The topological polar surface area (TPSA) is 68.6 Å². The Kier molecular flexibility index (Phi) is 6.32. The second kappa shape index (κ2) is 8.48. The van der Waals surface area contributed by atoms with Crippen molar-refractivity contribution in [2.45, 2.75) is 69.6 Å². The van der Waals surface area contributed by atoms with Crippen molar-refractivity contribution in [2.24, 2.45) is 0 Å². The summed E-state index contributed by atoms with van der Waals surface area (Å²) in [6.07, 6.45) is 7.57. The highest BCUT2D eigenvalue weighted by atomic mass is 16.5. The van der Waals surface area contributed by atoms with Gasteiger partial charge in [0.25, 0.3) is 0 Å². The van der Waals surface area contributed by atoms with E-state index >= 15 is 0 Å². The van der Waals surface area contributed by atoms with E-state index < -0.39 is 5.54 Å². The van der Waals surface area contributed by atoms with Gasteiger partial charge >= 0.3 is 0 Å². The van der Waals surface area contributed by atoms with E-state index in [-0.39, 0.29) is 11.9 Å². The minimum absolute atomic E-state index is 0.0102. The molecule has 2 aliphatic heterocycles. The number of hydrogen-bond acceptors (Lipinski definition) is 5. The van der Waals surface area contributed by atoms with E-state index in [2.05, 4.69) is 21.2 Å². The summed E-state index contributed by atoms with van der Waals surface area (Å²) in [7, 11) is 0. The molecule has 0 bridgehead atoms. The number of carbonyl (C=O) groups excluding carboxylic acids is 1. The maximum atomic E-state index is 12.7. The summed E-state index contributed by atoms with van der Waals surface area (Å²) in [6, 6.07) is 2.21. The minimum atomic E-state index is -0.634. The number of hydrogen-bond donors (Lipinski definition) is 1. The number of nitrogens with zero attached hydrogens (tertiary/aromatic N) is 3. The Morgan fingerprint density at radius 2 is 1.96 bits per heavy atom. The molecule has 3 fully saturated rings. The van der Waals surface area contributed by atoms with Crippen molar-refractivity contribution >= 4 is 5.91 Å². The normalized spacial score (nSPS) is 29.0. The molecule has 2 unspecified atom stereocenters. The lowest BCUT2D eigenvalue weighted by atomic mass is 9.82. The van der Waals surface area contributed by atoms with Crippen molar-refractivity contribution in [1.29, 1.82) is 5.26 Å². The third kappa shape index (κ3) is 4.72. The van der Waals surface area contributed by atoms with Crippen LogP contribution in [-0.2, 0) is 9.53 Å². The lowest BCUT2D eigenvalue weighted by Crippen LogP contribution is -2.58. The van der Waals surface area contributed by atoms with Gasteiger partial charge in [-0.15, -0.1) is 0 Å². The van der Waals surface area contributed by atoms with Crippen LogP contribution in [0.2, 0.25) is 0 Å². The van der Waals surface area contributed by atoms with Crippen LogP contribution in [0.1, 0.15) is 51.9 Å². The third-order valence-electron chi connectivity index (χ3n) is 6.10. The van der Waals surface area contributed by atoms with Crippen LogP contribution in [0.25, 0.3) is 0 Å². The van der Waals surface area contributed by atoms with Gasteiger partial charge in [0.15, 0.2) is 0 Å². The van der Waals surface area contributed by atoms with Crippen LogP contribution in [0.4, 0.5) is 0 Å². The van der Waals surface area contributed by atoms with Crippen LogP contribution in [0.15, 0.2) is 0 Å². The molecule has 0 aromatic carbocycles. The summed E-state index contributed by atoms with van der Waals surface area (Å²) >= 11 is 0. The highest BCUT2D eigenvalue weighted by Gasteiger charge is 2.36. The molecule has 140 valence electrons. The number of amides is 1. The van der Waals surface area contributed by atoms with Gasteiger partial charge in [-0.3, -0.25) is 14.6 Å². The van der Waals surface area contributed by atoms with Crippen molar-refractivity contribution < 1.29 is 9.53 Å². The second-order valence-electron chi connectivity index (χ2n) is 7.89. The number of piperazine rings is 1. The standard InChI is InChI=1S/C19H32N4O2/c1-16(18(24)21-19(15-20)7-3-2-4-8-19)23-11-9-22(10-12-23)14-17-6-5-13-25-17/h16-17H,2-14H2,1H3,(H,21,24). The van der Waals surface area contributed by atoms with Gasteiger partial charge in [-0.2, -0.15) is 5.26 Å². The van der Waals surface area contributed by atoms with Crippen LogP contribution in [0.5, 0.6) is 0 Å². The molecule has 1 amide bonds. The number of rotatable bonds is 5. The van der Waals surface area contributed by atoms with Gasteiger partial charge in [0.1, 0.15) is 5.54 Å². The Morgan fingerprint density at radius 1 is 1.24 bits per heavy atom. The summed E-state index contributed by atoms with van der Waals surface area (Å²) in [5, 5.41) is 12.6. The highest BCUT2D eigenvalue weighted by molar-refractivity contribution is 5.82. The first kappa shape index (κ1) is 18.6. The maximum Gasteiger partial charge on any atom is 0.238 e. The molecule has 0 spiro atoms. The molecule has 1 aliphatic carbocycles. The number of nitrogens with one attached hydrogen (secondary N) is 1. The van der Waals surface area contributed by atoms with Gasteiger partial charge in [0.05, 0.1) is 18.2 Å². The molecular weight excluding hydrogens is 316 g/mol. The zero-order valence-electron chi connectivity index (χ0n) is 15.5. The summed E-state index contributed by atoms with van der Waals surface area (Å²) in [4.78, 5) is 17.4. The van der Waals surface area contributed by atoms with Crippen molar-refractivity contribution in [3.63, 3.8) is 0 Å². The van der Waals surface area contributed by atoms with Crippen LogP contribution in [0.3, 0.4) is 0 Å². The van der Waals surface area contributed by atoms with Gasteiger partial charge < -0.3 is 10.1 Å².